The number of unbranched alkanes of at least 4 members (excludes halogenated alkanes) is 3. The Balaban J connectivity index is 1.73. The van der Waals surface area contributed by atoms with Gasteiger partial charge in [0.1, 0.15) is 5.25 Å². The van der Waals surface area contributed by atoms with E-state index in [1.54, 1.807) is 4.90 Å². The summed E-state index contributed by atoms with van der Waals surface area (Å²) in [6, 6.07) is 11.9. The molecule has 1 atom stereocenters. The number of hydrogen-bond donors (Lipinski definition) is 1. The Morgan fingerprint density at radius 2 is 1.88 bits per heavy atom. The van der Waals surface area contributed by atoms with Gasteiger partial charge in [-0.2, -0.15) is 13.2 Å². The van der Waals surface area contributed by atoms with E-state index in [4.69, 9.17) is 11.6 Å². The van der Waals surface area contributed by atoms with Gasteiger partial charge in [0.05, 0.1) is 22.0 Å². The van der Waals surface area contributed by atoms with Gasteiger partial charge in [0.25, 0.3) is 0 Å². The van der Waals surface area contributed by atoms with Crippen molar-refractivity contribution in [2.45, 2.75) is 50.5 Å². The highest BCUT2D eigenvalue weighted by molar-refractivity contribution is 8.15. The van der Waals surface area contributed by atoms with E-state index in [1.807, 2.05) is 30.3 Å². The maximum Gasteiger partial charge on any atom is 0.416 e. The molecule has 10 heteroatoms. The summed E-state index contributed by atoms with van der Waals surface area (Å²) in [6.07, 6.45) is -0.869. The van der Waals surface area contributed by atoms with Crippen molar-refractivity contribution in [3.05, 3.63) is 59.1 Å². The molecule has 0 spiro atoms. The fourth-order valence-electron chi connectivity index (χ4n) is 3.41. The number of para-hydroxylation sites is 1. The number of nitrogens with zero attached hydrogens (tertiary/aromatic N) is 2. The van der Waals surface area contributed by atoms with Gasteiger partial charge in [-0.05, 0) is 36.8 Å². The standard InChI is InChI=1S/C24H25ClF3N3O2S/c1-2-3-4-8-13-31-22(33)20(34-23(31)29-17-9-6-5-7-10-17)15-21(32)30-19-14-16(24(26,27)28)11-12-18(19)25/h5-7,9-12,14,20H,2-4,8,13,15H2,1H3,(H,30,32)/t20-/m0/s1. The summed E-state index contributed by atoms with van der Waals surface area (Å²) >= 11 is 7.16. The number of carbonyl (C=O) groups excluding carboxylic acids is 2. The molecule has 1 aliphatic rings. The third kappa shape index (κ3) is 6.99. The van der Waals surface area contributed by atoms with Gasteiger partial charge in [0, 0.05) is 13.0 Å². The van der Waals surface area contributed by atoms with Crippen molar-refractivity contribution in [3.8, 4) is 0 Å². The lowest BCUT2D eigenvalue weighted by atomic mass is 10.1. The van der Waals surface area contributed by atoms with Crippen LogP contribution in [0, 0.1) is 0 Å². The largest absolute Gasteiger partial charge is 0.416 e. The normalized spacial score (nSPS) is 17.4. The Hall–Kier alpha value is -2.52. The number of benzene rings is 2. The van der Waals surface area contributed by atoms with Crippen molar-refractivity contribution >= 4 is 51.7 Å². The number of amidine groups is 1. The fraction of sp³-hybridized carbons (Fsp3) is 0.375. The maximum absolute atomic E-state index is 13.1. The van der Waals surface area contributed by atoms with Crippen molar-refractivity contribution in [1.82, 2.24) is 4.90 Å². The lowest BCUT2D eigenvalue weighted by Gasteiger charge is -2.16. The molecule has 1 heterocycles. The van der Waals surface area contributed by atoms with Crippen LogP contribution in [0.4, 0.5) is 24.5 Å². The molecule has 0 unspecified atom stereocenters. The van der Waals surface area contributed by atoms with Crippen LogP contribution in [0.1, 0.15) is 44.6 Å². The van der Waals surface area contributed by atoms with Gasteiger partial charge in [0.15, 0.2) is 5.17 Å². The number of halogens is 4. The number of carbonyl (C=O) groups is 2. The summed E-state index contributed by atoms with van der Waals surface area (Å²) in [7, 11) is 0. The third-order valence-electron chi connectivity index (χ3n) is 5.17. The molecule has 1 N–H and O–H groups in total. The number of thioether (sulfide) groups is 1. The Morgan fingerprint density at radius 1 is 1.15 bits per heavy atom. The molecular weight excluding hydrogens is 487 g/mol. The monoisotopic (exact) mass is 511 g/mol. The number of aliphatic imine (C=N–C) groups is 1. The molecule has 0 aliphatic carbocycles. The van der Waals surface area contributed by atoms with Crippen LogP contribution in [-0.4, -0.2) is 33.7 Å². The average Bonchev–Trinajstić information content (AvgIpc) is 3.06. The lowest BCUT2D eigenvalue weighted by Crippen LogP contribution is -2.34. The van der Waals surface area contributed by atoms with Gasteiger partial charge in [-0.25, -0.2) is 4.99 Å². The van der Waals surface area contributed by atoms with Crippen molar-refractivity contribution < 1.29 is 22.8 Å². The molecule has 0 aromatic heterocycles. The maximum atomic E-state index is 13.1. The van der Waals surface area contributed by atoms with E-state index in [0.29, 0.717) is 17.4 Å². The van der Waals surface area contributed by atoms with E-state index >= 15 is 0 Å². The summed E-state index contributed by atoms with van der Waals surface area (Å²) in [4.78, 5) is 31.9. The van der Waals surface area contributed by atoms with E-state index in [2.05, 4.69) is 17.2 Å². The van der Waals surface area contributed by atoms with Crippen molar-refractivity contribution in [1.29, 1.82) is 0 Å². The SMILES string of the molecule is CCCCCCN1C(=O)[C@H](CC(=O)Nc2cc(C(F)(F)F)ccc2Cl)SC1=Nc1ccccc1. The van der Waals surface area contributed by atoms with Gasteiger partial charge < -0.3 is 5.32 Å². The highest BCUT2D eigenvalue weighted by atomic mass is 35.5. The van der Waals surface area contributed by atoms with Crippen LogP contribution in [0.25, 0.3) is 0 Å². The van der Waals surface area contributed by atoms with Crippen molar-refractivity contribution in [2.24, 2.45) is 4.99 Å². The van der Waals surface area contributed by atoms with E-state index < -0.39 is 22.9 Å². The van der Waals surface area contributed by atoms with Gasteiger partial charge >= 0.3 is 6.18 Å². The predicted octanol–water partition coefficient (Wildman–Crippen LogP) is 6.90. The first kappa shape index (κ1) is 26.1. The van der Waals surface area contributed by atoms with Crippen LogP contribution < -0.4 is 5.32 Å². The fourth-order valence-corrected chi connectivity index (χ4v) is 4.76. The molecule has 34 heavy (non-hydrogen) atoms. The number of amides is 2. The Bertz CT molecular complexity index is 1050. The van der Waals surface area contributed by atoms with Crippen LogP contribution in [0.15, 0.2) is 53.5 Å². The van der Waals surface area contributed by atoms with Crippen molar-refractivity contribution in [2.75, 3.05) is 11.9 Å². The molecule has 1 saturated heterocycles. The van der Waals surface area contributed by atoms with E-state index in [1.165, 1.54) is 11.8 Å². The molecule has 0 radical (unpaired) electrons. The van der Waals surface area contributed by atoms with Gasteiger partial charge in [-0.1, -0.05) is 67.7 Å². The first-order valence-electron chi connectivity index (χ1n) is 11.0. The number of nitrogens with one attached hydrogen (secondary N) is 1. The zero-order valence-electron chi connectivity index (χ0n) is 18.6. The molecule has 0 bridgehead atoms. The topological polar surface area (TPSA) is 61.8 Å². The molecule has 182 valence electrons. The zero-order valence-corrected chi connectivity index (χ0v) is 20.1. The minimum absolute atomic E-state index is 0.0179. The van der Waals surface area contributed by atoms with Crippen LogP contribution in [-0.2, 0) is 15.8 Å². The second-order valence-corrected chi connectivity index (χ2v) is 9.41. The van der Waals surface area contributed by atoms with Gasteiger partial charge in [-0.15, -0.1) is 0 Å². The lowest BCUT2D eigenvalue weighted by molar-refractivity contribution is -0.137. The highest BCUT2D eigenvalue weighted by Crippen LogP contribution is 2.35. The first-order valence-corrected chi connectivity index (χ1v) is 12.2. The summed E-state index contributed by atoms with van der Waals surface area (Å²) in [5, 5.41) is 2.19. The zero-order chi connectivity index (χ0) is 24.7. The number of rotatable bonds is 9. The molecule has 1 fully saturated rings. The highest BCUT2D eigenvalue weighted by Gasteiger charge is 2.39. The number of alkyl halides is 3. The average molecular weight is 512 g/mol. The second-order valence-electron chi connectivity index (χ2n) is 7.83. The van der Waals surface area contributed by atoms with E-state index in [0.717, 1.165) is 43.9 Å². The Morgan fingerprint density at radius 3 is 2.56 bits per heavy atom. The quantitative estimate of drug-likeness (QED) is 0.372. The summed E-state index contributed by atoms with van der Waals surface area (Å²) in [5.74, 6) is -0.833. The van der Waals surface area contributed by atoms with E-state index in [9.17, 15) is 22.8 Å². The van der Waals surface area contributed by atoms with E-state index in [-0.39, 0.29) is 23.0 Å². The van der Waals surface area contributed by atoms with Gasteiger partial charge in [-0.3, -0.25) is 14.5 Å². The minimum atomic E-state index is -4.57. The van der Waals surface area contributed by atoms with Crippen LogP contribution in [0.5, 0.6) is 0 Å². The second kappa shape index (κ2) is 11.8. The van der Waals surface area contributed by atoms with Crippen LogP contribution >= 0.6 is 23.4 Å². The molecule has 2 aromatic rings. The predicted molar refractivity (Wildman–Crippen MR) is 130 cm³/mol. The molecule has 0 saturated carbocycles. The minimum Gasteiger partial charge on any atom is -0.325 e. The number of anilines is 1. The van der Waals surface area contributed by atoms with Gasteiger partial charge in [0.2, 0.25) is 11.8 Å². The molecule has 2 amide bonds. The van der Waals surface area contributed by atoms with Crippen molar-refractivity contribution in [3.63, 3.8) is 0 Å². The van der Waals surface area contributed by atoms with Crippen LogP contribution in [0.3, 0.4) is 0 Å². The summed E-state index contributed by atoms with van der Waals surface area (Å²) in [5.41, 5.74) is -0.377. The Kier molecular flexibility index (Phi) is 9.02. The summed E-state index contributed by atoms with van der Waals surface area (Å²) in [6.45, 7) is 2.60. The molecular formula is C24H25ClF3N3O2S. The Labute approximate surface area is 205 Å². The molecule has 5 nitrogen and oxygen atoms in total. The van der Waals surface area contributed by atoms with Crippen LogP contribution in [0.2, 0.25) is 5.02 Å². The number of hydrogen-bond acceptors (Lipinski definition) is 4. The first-order chi connectivity index (χ1) is 16.2. The third-order valence-corrected chi connectivity index (χ3v) is 6.68. The smallest absolute Gasteiger partial charge is 0.325 e. The summed E-state index contributed by atoms with van der Waals surface area (Å²) < 4.78 is 39.0. The molecule has 2 aromatic carbocycles. The molecule has 3 rings (SSSR count). The molecule has 1 aliphatic heterocycles.